The average molecular weight is 533 g/mol. The van der Waals surface area contributed by atoms with E-state index < -0.39 is 24.4 Å². The van der Waals surface area contributed by atoms with Crippen molar-refractivity contribution in [1.29, 1.82) is 0 Å². The fourth-order valence-corrected chi connectivity index (χ4v) is 4.33. The molecule has 0 aliphatic heterocycles. The second-order valence-corrected chi connectivity index (χ2v) is 9.40. The molecule has 0 saturated heterocycles. The predicted molar refractivity (Wildman–Crippen MR) is 159 cm³/mol. The molecule has 0 saturated carbocycles. The summed E-state index contributed by atoms with van der Waals surface area (Å²) in [5.74, 6) is 2.82. The molecule has 0 unspecified atom stereocenters. The molecule has 0 aliphatic rings. The van der Waals surface area contributed by atoms with Gasteiger partial charge in [-0.05, 0) is 22.3 Å². The zero-order valence-corrected chi connectivity index (χ0v) is 22.7. The second kappa shape index (κ2) is 16.2. The van der Waals surface area contributed by atoms with Gasteiger partial charge in [0.15, 0.2) is 0 Å². The van der Waals surface area contributed by atoms with E-state index in [2.05, 4.69) is 12.5 Å². The van der Waals surface area contributed by atoms with E-state index in [9.17, 15) is 0 Å². The van der Waals surface area contributed by atoms with Crippen molar-refractivity contribution in [2.24, 2.45) is 0 Å². The van der Waals surface area contributed by atoms with Crippen LogP contribution >= 0.6 is 0 Å². The highest BCUT2D eigenvalue weighted by Gasteiger charge is 2.37. The third-order valence-electron chi connectivity index (χ3n) is 6.47. The number of rotatable bonds is 16. The first-order chi connectivity index (χ1) is 19.8. The van der Waals surface area contributed by atoms with E-state index in [0.717, 1.165) is 22.3 Å². The van der Waals surface area contributed by atoms with Gasteiger partial charge in [0, 0.05) is 0 Å². The van der Waals surface area contributed by atoms with Gasteiger partial charge in [0.2, 0.25) is 0 Å². The topological polar surface area (TPSA) is 36.9 Å². The van der Waals surface area contributed by atoms with Gasteiger partial charge in [0.1, 0.15) is 24.4 Å². The molecule has 0 aliphatic carbocycles. The molecule has 4 aromatic carbocycles. The highest BCUT2D eigenvalue weighted by molar-refractivity contribution is 5.17. The smallest absolute Gasteiger partial charge is 0.147 e. The van der Waals surface area contributed by atoms with Gasteiger partial charge >= 0.3 is 0 Å². The van der Waals surface area contributed by atoms with Crippen LogP contribution in [0.15, 0.2) is 134 Å². The van der Waals surface area contributed by atoms with Gasteiger partial charge in [-0.15, -0.1) is 13.0 Å². The van der Waals surface area contributed by atoms with E-state index in [-0.39, 0.29) is 0 Å². The van der Waals surface area contributed by atoms with E-state index >= 15 is 0 Å². The Kier molecular flexibility index (Phi) is 11.8. The van der Waals surface area contributed by atoms with Gasteiger partial charge in [-0.1, -0.05) is 133 Å². The van der Waals surface area contributed by atoms with Crippen molar-refractivity contribution in [3.8, 4) is 12.3 Å². The van der Waals surface area contributed by atoms with E-state index in [1.54, 1.807) is 6.08 Å². The van der Waals surface area contributed by atoms with Gasteiger partial charge in [-0.2, -0.15) is 0 Å². The summed E-state index contributed by atoms with van der Waals surface area (Å²) >= 11 is 0. The minimum Gasteiger partial charge on any atom is -0.368 e. The van der Waals surface area contributed by atoms with Crippen molar-refractivity contribution in [1.82, 2.24) is 0 Å². The minimum absolute atomic E-state index is 0.339. The molecule has 0 amide bonds. The SMILES string of the molecule is C#C[C@H](OCc1ccccc1)[C@@H](OCc1ccccc1)[C@H](OCc1ccccc1)[C@@H](C=C)OCc1ccccc1. The van der Waals surface area contributed by atoms with Crippen LogP contribution in [0.3, 0.4) is 0 Å². The fraction of sp³-hybridized carbons (Fsp3) is 0.222. The summed E-state index contributed by atoms with van der Waals surface area (Å²) in [6, 6.07) is 39.9. The Morgan fingerprint density at radius 3 is 1.25 bits per heavy atom. The van der Waals surface area contributed by atoms with Crippen molar-refractivity contribution >= 4 is 0 Å². The molecule has 4 aromatic rings. The summed E-state index contributed by atoms with van der Waals surface area (Å²) in [6.45, 7) is 5.50. The zero-order chi connectivity index (χ0) is 27.8. The van der Waals surface area contributed by atoms with E-state index in [1.807, 2.05) is 121 Å². The number of ether oxygens (including phenoxy) is 4. The molecule has 40 heavy (non-hydrogen) atoms. The first kappa shape index (κ1) is 29.0. The Balaban J connectivity index is 1.60. The van der Waals surface area contributed by atoms with Crippen molar-refractivity contribution in [2.45, 2.75) is 50.8 Å². The molecule has 0 bridgehead atoms. The molecule has 0 spiro atoms. The Bertz CT molecular complexity index is 1290. The second-order valence-electron chi connectivity index (χ2n) is 9.40. The van der Waals surface area contributed by atoms with Crippen LogP contribution in [0.4, 0.5) is 0 Å². The van der Waals surface area contributed by atoms with Gasteiger partial charge in [-0.25, -0.2) is 0 Å². The first-order valence-electron chi connectivity index (χ1n) is 13.5. The lowest BCUT2D eigenvalue weighted by molar-refractivity contribution is -0.170. The quantitative estimate of drug-likeness (QED) is 0.113. The van der Waals surface area contributed by atoms with Crippen LogP contribution < -0.4 is 0 Å². The molecule has 0 radical (unpaired) electrons. The molecular weight excluding hydrogens is 496 g/mol. The number of benzene rings is 4. The van der Waals surface area contributed by atoms with Crippen molar-refractivity contribution in [3.63, 3.8) is 0 Å². The van der Waals surface area contributed by atoms with Gasteiger partial charge < -0.3 is 18.9 Å². The molecule has 0 N–H and O–H groups in total. The average Bonchev–Trinajstić information content (AvgIpc) is 3.02. The van der Waals surface area contributed by atoms with Crippen LogP contribution in [-0.4, -0.2) is 24.4 Å². The first-order valence-corrected chi connectivity index (χ1v) is 13.5. The van der Waals surface area contributed by atoms with Gasteiger partial charge in [0.25, 0.3) is 0 Å². The van der Waals surface area contributed by atoms with Crippen LogP contribution in [0.2, 0.25) is 0 Å². The maximum Gasteiger partial charge on any atom is 0.147 e. The number of terminal acetylenes is 1. The normalized spacial score (nSPS) is 14.0. The monoisotopic (exact) mass is 532 g/mol. The van der Waals surface area contributed by atoms with E-state index in [0.29, 0.717) is 26.4 Å². The van der Waals surface area contributed by atoms with E-state index in [4.69, 9.17) is 25.4 Å². The maximum atomic E-state index is 6.56. The van der Waals surface area contributed by atoms with E-state index in [1.165, 1.54) is 0 Å². The molecule has 4 nitrogen and oxygen atoms in total. The molecule has 0 fully saturated rings. The summed E-state index contributed by atoms with van der Waals surface area (Å²) in [4.78, 5) is 0. The highest BCUT2D eigenvalue weighted by atomic mass is 16.6. The molecule has 4 atom stereocenters. The Labute approximate surface area is 238 Å². The van der Waals surface area contributed by atoms with Crippen LogP contribution in [0.1, 0.15) is 22.3 Å². The number of hydrogen-bond acceptors (Lipinski definition) is 4. The Morgan fingerprint density at radius 2 is 0.875 bits per heavy atom. The van der Waals surface area contributed by atoms with Crippen molar-refractivity contribution in [2.75, 3.05) is 0 Å². The molecule has 4 heteroatoms. The zero-order valence-electron chi connectivity index (χ0n) is 22.7. The van der Waals surface area contributed by atoms with Crippen LogP contribution in [-0.2, 0) is 45.4 Å². The lowest BCUT2D eigenvalue weighted by Gasteiger charge is -2.35. The van der Waals surface area contributed by atoms with Crippen LogP contribution in [0.25, 0.3) is 0 Å². The Morgan fingerprint density at radius 1 is 0.525 bits per heavy atom. The van der Waals surface area contributed by atoms with Crippen LogP contribution in [0.5, 0.6) is 0 Å². The lowest BCUT2D eigenvalue weighted by Crippen LogP contribution is -2.48. The van der Waals surface area contributed by atoms with Gasteiger partial charge in [0.05, 0.1) is 26.4 Å². The molecule has 204 valence electrons. The molecule has 0 aromatic heterocycles. The van der Waals surface area contributed by atoms with Crippen molar-refractivity contribution < 1.29 is 18.9 Å². The van der Waals surface area contributed by atoms with Gasteiger partial charge in [-0.3, -0.25) is 0 Å². The standard InChI is InChI=1S/C36H36O4/c1-3-33(37-25-29-17-9-5-10-18-29)35(39-27-31-21-13-7-14-22-31)36(40-28-32-23-15-8-16-24-32)34(4-2)38-26-30-19-11-6-12-20-30/h1,4-24,33-36H,2,25-28H2/t33-,34+,35+,36+/m0/s1. The Hall–Kier alpha value is -3.98. The number of hydrogen-bond donors (Lipinski definition) is 0. The summed E-state index contributed by atoms with van der Waals surface area (Å²) in [5, 5.41) is 0. The lowest BCUT2D eigenvalue weighted by atomic mass is 10.0. The fourth-order valence-electron chi connectivity index (χ4n) is 4.33. The van der Waals surface area contributed by atoms with Crippen molar-refractivity contribution in [3.05, 3.63) is 156 Å². The summed E-state index contributed by atoms with van der Waals surface area (Å²) in [5.41, 5.74) is 4.12. The maximum absolute atomic E-state index is 6.56. The third-order valence-corrected chi connectivity index (χ3v) is 6.47. The van der Waals surface area contributed by atoms with Crippen LogP contribution in [0, 0.1) is 12.3 Å². The highest BCUT2D eigenvalue weighted by Crippen LogP contribution is 2.23. The predicted octanol–water partition coefficient (Wildman–Crippen LogP) is 7.15. The summed E-state index contributed by atoms with van der Waals surface area (Å²) in [6.07, 6.45) is 5.38. The summed E-state index contributed by atoms with van der Waals surface area (Å²) < 4.78 is 25.8. The largest absolute Gasteiger partial charge is 0.368 e. The molecular formula is C36H36O4. The third kappa shape index (κ3) is 9.05. The minimum atomic E-state index is -0.701. The molecule has 0 heterocycles. The summed E-state index contributed by atoms with van der Waals surface area (Å²) in [7, 11) is 0. The molecule has 4 rings (SSSR count).